The van der Waals surface area contributed by atoms with Gasteiger partial charge in [-0.2, -0.15) is 5.10 Å². The number of rotatable bonds is 6. The highest BCUT2D eigenvalue weighted by molar-refractivity contribution is 8.26. The van der Waals surface area contributed by atoms with E-state index in [2.05, 4.69) is 39.0 Å². The van der Waals surface area contributed by atoms with Crippen LogP contribution in [0.25, 0.3) is 23.0 Å². The van der Waals surface area contributed by atoms with Crippen LogP contribution in [0.1, 0.15) is 42.0 Å². The van der Waals surface area contributed by atoms with Crippen molar-refractivity contribution in [1.29, 1.82) is 0 Å². The van der Waals surface area contributed by atoms with Crippen LogP contribution in [0.5, 0.6) is 0 Å². The summed E-state index contributed by atoms with van der Waals surface area (Å²) < 4.78 is 2.46. The van der Waals surface area contributed by atoms with Crippen molar-refractivity contribution in [2.45, 2.75) is 33.2 Å². The molecule has 0 spiro atoms. The quantitative estimate of drug-likeness (QED) is 0.201. The summed E-state index contributed by atoms with van der Waals surface area (Å²) in [7, 11) is 0. The van der Waals surface area contributed by atoms with Crippen LogP contribution in [0.4, 0.5) is 0 Å². The highest BCUT2D eigenvalue weighted by Crippen LogP contribution is 2.37. The topological polar surface area (TPSA) is 38.1 Å². The van der Waals surface area contributed by atoms with E-state index in [9.17, 15) is 4.79 Å². The zero-order chi connectivity index (χ0) is 25.2. The lowest BCUT2D eigenvalue weighted by Crippen LogP contribution is -2.27. The van der Waals surface area contributed by atoms with E-state index in [4.69, 9.17) is 17.3 Å². The molecule has 1 fully saturated rings. The van der Waals surface area contributed by atoms with E-state index in [1.165, 1.54) is 17.3 Å². The lowest BCUT2D eigenvalue weighted by atomic mass is 9.95. The van der Waals surface area contributed by atoms with Crippen LogP contribution in [-0.2, 0) is 11.3 Å². The second kappa shape index (κ2) is 10.2. The highest BCUT2D eigenvalue weighted by atomic mass is 32.2. The first kappa shape index (κ1) is 24.2. The number of para-hydroxylation sites is 1. The molecule has 0 radical (unpaired) electrons. The maximum Gasteiger partial charge on any atom is 0.266 e. The predicted octanol–water partition coefficient (Wildman–Crippen LogP) is 7.37. The van der Waals surface area contributed by atoms with Crippen LogP contribution >= 0.6 is 24.0 Å². The molecule has 36 heavy (non-hydrogen) atoms. The van der Waals surface area contributed by atoms with Gasteiger partial charge >= 0.3 is 0 Å². The Balaban J connectivity index is 1.58. The number of nitrogens with zero attached hydrogens (tertiary/aromatic N) is 3. The summed E-state index contributed by atoms with van der Waals surface area (Å²) >= 11 is 6.94. The van der Waals surface area contributed by atoms with Gasteiger partial charge in [0.2, 0.25) is 0 Å². The Morgan fingerprint density at radius 3 is 2.39 bits per heavy atom. The Kier molecular flexibility index (Phi) is 6.90. The van der Waals surface area contributed by atoms with E-state index in [1.54, 1.807) is 4.90 Å². The number of aryl methyl sites for hydroxylation is 1. The van der Waals surface area contributed by atoms with E-state index < -0.39 is 0 Å². The minimum atomic E-state index is -0.0695. The van der Waals surface area contributed by atoms with E-state index in [-0.39, 0.29) is 5.91 Å². The second-order valence-electron chi connectivity index (χ2n) is 9.20. The summed E-state index contributed by atoms with van der Waals surface area (Å²) in [6.07, 6.45) is 3.93. The second-order valence-corrected chi connectivity index (χ2v) is 10.9. The molecule has 0 atom stereocenters. The average Bonchev–Trinajstić information content (AvgIpc) is 3.42. The van der Waals surface area contributed by atoms with Crippen LogP contribution < -0.4 is 0 Å². The Bertz CT molecular complexity index is 1460. The molecule has 1 aliphatic heterocycles. The third-order valence-corrected chi connectivity index (χ3v) is 7.67. The Labute approximate surface area is 221 Å². The summed E-state index contributed by atoms with van der Waals surface area (Å²) in [5.74, 6) is 0.332. The molecule has 4 aromatic rings. The zero-order valence-electron chi connectivity index (χ0n) is 20.5. The summed E-state index contributed by atoms with van der Waals surface area (Å²) in [6, 6.07) is 26.5. The van der Waals surface area contributed by atoms with Gasteiger partial charge in [-0.3, -0.25) is 9.69 Å². The van der Waals surface area contributed by atoms with Gasteiger partial charge in [-0.25, -0.2) is 4.68 Å². The number of thiocarbonyl (C=S) groups is 1. The summed E-state index contributed by atoms with van der Waals surface area (Å²) in [6.45, 7) is 6.95. The predicted molar refractivity (Wildman–Crippen MR) is 153 cm³/mol. The lowest BCUT2D eigenvalue weighted by molar-refractivity contribution is -0.122. The minimum Gasteiger partial charge on any atom is -0.288 e. The molecule has 0 saturated carbocycles. The number of carbonyl (C=O) groups excluding carboxylic acids is 1. The highest BCUT2D eigenvalue weighted by Gasteiger charge is 2.32. The van der Waals surface area contributed by atoms with Crippen molar-refractivity contribution in [3.05, 3.63) is 112 Å². The molecular formula is C30H27N3OS2. The number of hydrogen-bond acceptors (Lipinski definition) is 4. The summed E-state index contributed by atoms with van der Waals surface area (Å²) in [4.78, 5) is 15.7. The smallest absolute Gasteiger partial charge is 0.266 e. The molecule has 0 N–H and O–H groups in total. The number of hydrogen-bond donors (Lipinski definition) is 0. The fraction of sp³-hybridized carbons (Fsp3) is 0.167. The molecule has 1 amide bonds. The molecule has 4 nitrogen and oxygen atoms in total. The normalized spacial score (nSPS) is 14.9. The molecule has 3 aromatic carbocycles. The van der Waals surface area contributed by atoms with Gasteiger partial charge in [0, 0.05) is 17.3 Å². The van der Waals surface area contributed by atoms with Gasteiger partial charge in [0.25, 0.3) is 5.91 Å². The van der Waals surface area contributed by atoms with E-state index in [1.807, 2.05) is 77.6 Å². The molecule has 5 rings (SSSR count). The van der Waals surface area contributed by atoms with Gasteiger partial charge in [0.05, 0.1) is 17.1 Å². The van der Waals surface area contributed by atoms with Crippen molar-refractivity contribution in [2.75, 3.05) is 0 Å². The van der Waals surface area contributed by atoms with Gasteiger partial charge in [-0.15, -0.1) is 0 Å². The Hall–Kier alpha value is -3.48. The van der Waals surface area contributed by atoms with Crippen LogP contribution in [0.15, 0.2) is 90.0 Å². The van der Waals surface area contributed by atoms with Crippen molar-refractivity contribution >= 4 is 40.3 Å². The number of thioether (sulfide) groups is 1. The first-order valence-corrected chi connectivity index (χ1v) is 13.2. The Morgan fingerprint density at radius 1 is 1.00 bits per heavy atom. The SMILES string of the molecule is Cc1ccc(C(C)C)cc1-c1nn(-c2ccccc2)cc1/C=C1\SC(=S)N(Cc2ccccc2)C1=O. The monoisotopic (exact) mass is 509 g/mol. The number of amides is 1. The van der Waals surface area contributed by atoms with Crippen LogP contribution in [0.3, 0.4) is 0 Å². The molecule has 1 aromatic heterocycles. The molecule has 0 aliphatic carbocycles. The van der Waals surface area contributed by atoms with Crippen LogP contribution in [0.2, 0.25) is 0 Å². The largest absolute Gasteiger partial charge is 0.288 e. The van der Waals surface area contributed by atoms with E-state index >= 15 is 0 Å². The Morgan fingerprint density at radius 2 is 1.69 bits per heavy atom. The fourth-order valence-corrected chi connectivity index (χ4v) is 5.46. The molecule has 1 saturated heterocycles. The molecule has 2 heterocycles. The number of aromatic nitrogens is 2. The van der Waals surface area contributed by atoms with Crippen molar-refractivity contribution < 1.29 is 4.79 Å². The van der Waals surface area contributed by atoms with E-state index in [0.717, 1.165) is 33.6 Å². The first-order valence-electron chi connectivity index (χ1n) is 12.0. The minimum absolute atomic E-state index is 0.0695. The molecule has 0 unspecified atom stereocenters. The molecule has 6 heteroatoms. The van der Waals surface area contributed by atoms with Gasteiger partial charge in [-0.05, 0) is 53.8 Å². The number of benzene rings is 3. The zero-order valence-corrected chi connectivity index (χ0v) is 22.1. The van der Waals surface area contributed by atoms with Crippen molar-refractivity contribution in [1.82, 2.24) is 14.7 Å². The lowest BCUT2D eigenvalue weighted by Gasteiger charge is -2.14. The van der Waals surface area contributed by atoms with Gasteiger partial charge in [-0.1, -0.05) is 98.5 Å². The molecule has 0 bridgehead atoms. The maximum atomic E-state index is 13.4. The maximum absolute atomic E-state index is 13.4. The molecule has 1 aliphatic rings. The summed E-state index contributed by atoms with van der Waals surface area (Å²) in [5.41, 5.74) is 7.23. The third-order valence-electron chi connectivity index (χ3n) is 6.29. The molecule has 180 valence electrons. The molecular weight excluding hydrogens is 482 g/mol. The van der Waals surface area contributed by atoms with Crippen LogP contribution in [-0.4, -0.2) is 24.9 Å². The van der Waals surface area contributed by atoms with Crippen molar-refractivity contribution in [3.8, 4) is 16.9 Å². The van der Waals surface area contributed by atoms with Crippen molar-refractivity contribution in [2.24, 2.45) is 0 Å². The average molecular weight is 510 g/mol. The summed E-state index contributed by atoms with van der Waals surface area (Å²) in [5, 5.41) is 4.99. The standard InChI is InChI=1S/C30H27N3OS2/c1-20(2)23-15-14-21(3)26(16-23)28-24(19-33(31-28)25-12-8-5-9-13-25)17-27-29(34)32(30(35)36-27)18-22-10-6-4-7-11-22/h4-17,19-20H,18H2,1-3H3/b27-17-. The van der Waals surface area contributed by atoms with Gasteiger partial charge in [0.1, 0.15) is 10.0 Å². The number of carbonyl (C=O) groups is 1. The van der Waals surface area contributed by atoms with Crippen LogP contribution in [0, 0.1) is 6.92 Å². The fourth-order valence-electron chi connectivity index (χ4n) is 4.21. The van der Waals surface area contributed by atoms with E-state index in [0.29, 0.717) is 21.7 Å². The van der Waals surface area contributed by atoms with Gasteiger partial charge < -0.3 is 0 Å². The van der Waals surface area contributed by atoms with Gasteiger partial charge in [0.15, 0.2) is 0 Å². The van der Waals surface area contributed by atoms with Crippen molar-refractivity contribution in [3.63, 3.8) is 0 Å². The first-order chi connectivity index (χ1) is 17.4. The third kappa shape index (κ3) is 4.92.